The number of oxazole rings is 1. The van der Waals surface area contributed by atoms with Crippen molar-refractivity contribution in [1.82, 2.24) is 157 Å². The highest BCUT2D eigenvalue weighted by molar-refractivity contribution is 7.07. The predicted molar refractivity (Wildman–Crippen MR) is 557 cm³/mol. The molecule has 0 aliphatic heterocycles. The van der Waals surface area contributed by atoms with E-state index >= 15 is 0 Å². The molecule has 0 bridgehead atoms. The minimum absolute atomic E-state index is 0.0486. The van der Waals surface area contributed by atoms with Crippen LogP contribution in [0.4, 0.5) is 0 Å². The second-order valence-electron chi connectivity index (χ2n) is 47.0. The molecule has 0 fully saturated rings. The third-order valence-electron chi connectivity index (χ3n) is 10.5. The van der Waals surface area contributed by atoms with Crippen LogP contribution in [0.15, 0.2) is 152 Å². The Morgan fingerprint density at radius 1 is 0.368 bits per heavy atom. The van der Waals surface area contributed by atoms with E-state index in [2.05, 4.69) is 454 Å². The third-order valence-corrected chi connectivity index (χ3v) is 13.4. The molecule has 0 aliphatic rings. The first-order valence-electron chi connectivity index (χ1n) is 44.3. The zero-order valence-corrected chi connectivity index (χ0v) is 97.2. The minimum Gasteiger partial charge on any atom is -0.452 e. The molecule has 0 saturated heterocycles. The molecule has 0 aromatic carbocycles. The lowest BCUT2D eigenvalue weighted by molar-refractivity contribution is 0.287. The monoisotopic (exact) mass is 2000 g/mol. The molecule has 136 heavy (non-hydrogen) atoms. The van der Waals surface area contributed by atoms with Crippen molar-refractivity contribution < 1.29 is 22.7 Å². The number of thiazole rings is 1. The average Bonchev–Trinajstić information content (AvgIpc) is 1.73. The van der Waals surface area contributed by atoms with E-state index in [0.29, 0.717) is 44.2 Å². The molecule has 0 atom stereocenters. The number of aromatic nitrogens is 32. The average molecular weight is 2000 g/mol. The summed E-state index contributed by atoms with van der Waals surface area (Å²) in [4.78, 5) is 25.5. The summed E-state index contributed by atoms with van der Waals surface area (Å²) in [6.07, 6.45) is 27.5. The molecule has 0 N–H and O–H groups in total. The summed E-state index contributed by atoms with van der Waals surface area (Å²) < 4.78 is 52.2. The summed E-state index contributed by atoms with van der Waals surface area (Å²) in [7, 11) is 7.53. The van der Waals surface area contributed by atoms with E-state index in [-0.39, 0.29) is 37.9 Å². The van der Waals surface area contributed by atoms with E-state index < -0.39 is 0 Å². The van der Waals surface area contributed by atoms with Gasteiger partial charge in [0.2, 0.25) is 12.2 Å². The minimum atomic E-state index is -0.0799. The Hall–Kier alpha value is -9.94. The second kappa shape index (κ2) is 72.4. The van der Waals surface area contributed by atoms with Crippen LogP contribution in [0.25, 0.3) is 0 Å². The Morgan fingerprint density at radius 3 is 1.02 bits per heavy atom. The molecule has 42 heteroatoms. The molecule has 14 rings (SSSR count). The molecule has 0 amide bonds. The van der Waals surface area contributed by atoms with Crippen LogP contribution in [0.3, 0.4) is 0 Å². The van der Waals surface area contributed by atoms with Crippen molar-refractivity contribution in [3.05, 3.63) is 169 Å². The molecule has 774 valence electrons. The number of hydrogen-bond acceptors (Lipinski definition) is 38. The van der Waals surface area contributed by atoms with Crippen molar-refractivity contribution in [1.29, 1.82) is 0 Å². The van der Waals surface area contributed by atoms with Crippen molar-refractivity contribution in [3.63, 3.8) is 0 Å². The highest BCUT2D eigenvalue weighted by atomic mass is 32.1. The summed E-state index contributed by atoms with van der Waals surface area (Å²) in [5.74, 6) is 2.87. The zero-order chi connectivity index (χ0) is 107. The van der Waals surface area contributed by atoms with Gasteiger partial charge in [0.25, 0.3) is 5.89 Å². The summed E-state index contributed by atoms with van der Waals surface area (Å²) in [6, 6.07) is 2.06. The van der Waals surface area contributed by atoms with Crippen molar-refractivity contribution in [2.24, 2.45) is 66.6 Å². The fraction of sp³-hybridized carbons (Fsp3) is 0.702. The number of aryl methyl sites for hydroxylation is 4. The van der Waals surface area contributed by atoms with Gasteiger partial charge in [-0.25, -0.2) is 39.2 Å². The molecule has 37 nitrogen and oxygen atoms in total. The number of nitrogens with zero attached hydrogens (tertiary/aromatic N) is 32. The Labute approximate surface area is 838 Å². The van der Waals surface area contributed by atoms with Crippen molar-refractivity contribution >= 4 is 57.9 Å². The summed E-state index contributed by atoms with van der Waals surface area (Å²) in [6.45, 7) is 102. The first-order valence-corrected chi connectivity index (χ1v) is 48.3. The van der Waals surface area contributed by atoms with Gasteiger partial charge in [0.15, 0.2) is 18.5 Å². The smallest absolute Gasteiger partial charge is 0.253 e. The van der Waals surface area contributed by atoms with Gasteiger partial charge in [0, 0.05) is 108 Å². The molecule has 14 aromatic heterocycles. The highest BCUT2D eigenvalue weighted by Gasteiger charge is 2.23. The fourth-order valence-electron chi connectivity index (χ4n) is 4.97. The molecule has 0 saturated carbocycles. The maximum atomic E-state index is 4.73. The number of rotatable bonds is 0. The van der Waals surface area contributed by atoms with E-state index in [1.165, 1.54) is 79.2 Å². The first kappa shape index (κ1) is 139. The Balaban J connectivity index is -0.000000258. The van der Waals surface area contributed by atoms with Crippen LogP contribution in [0.2, 0.25) is 0 Å². The SMILES string of the molecule is CC(C)(C)C.CC(C)(C)C.CC(C)(C)C.CC(C)(C)C.CC(C)(C)C.CC(C)(C)C.CC(C)(C)c1cnon1.CC(C)(C)c1cnsn1.CC(C)(C)c1nnno1.CC(C)(C)c1nnns1.CC(C)(C)c1nnon1.CC(C)(C)c1nnsn1.CC(C)C.Cn1ccc(C(C)(C)C)n1.Cn1ccnc1.Cn1cncn1.Cn1cncn1.c1cocn1.c1cscn1.c1ncon1.c1ncsn1. The third kappa shape index (κ3) is 122. The van der Waals surface area contributed by atoms with Crippen molar-refractivity contribution in [3.8, 4) is 0 Å². The van der Waals surface area contributed by atoms with E-state index in [4.69, 9.17) is 4.52 Å². The van der Waals surface area contributed by atoms with Gasteiger partial charge < -0.3 is 18.0 Å². The van der Waals surface area contributed by atoms with Gasteiger partial charge in [0.05, 0.1) is 75.8 Å². The van der Waals surface area contributed by atoms with Crippen molar-refractivity contribution in [2.75, 3.05) is 0 Å². The van der Waals surface area contributed by atoms with E-state index in [1.54, 1.807) is 75.5 Å². The topological polar surface area (TPSA) is 446 Å². The van der Waals surface area contributed by atoms with Crippen LogP contribution in [0.1, 0.15) is 372 Å². The van der Waals surface area contributed by atoms with Crippen LogP contribution in [0.5, 0.6) is 0 Å². The summed E-state index contributed by atoms with van der Waals surface area (Å²) in [5, 5.41) is 57.0. The van der Waals surface area contributed by atoms with Crippen LogP contribution in [-0.4, -0.2) is 157 Å². The van der Waals surface area contributed by atoms with Crippen LogP contribution in [0, 0.1) is 38.4 Å². The normalized spacial score (nSPS) is 10.9. The van der Waals surface area contributed by atoms with E-state index in [9.17, 15) is 0 Å². The lowest BCUT2D eigenvalue weighted by Gasteiger charge is -2.13. The largest absolute Gasteiger partial charge is 0.452 e. The Morgan fingerprint density at radius 2 is 0.875 bits per heavy atom. The Kier molecular flexibility index (Phi) is 74.0. The van der Waals surface area contributed by atoms with Crippen LogP contribution < -0.4 is 0 Å². The van der Waals surface area contributed by atoms with Gasteiger partial charge >= 0.3 is 0 Å². The number of hydrogen-bond donors (Lipinski definition) is 0. The second-order valence-corrected chi connectivity index (χ2v) is 50.2. The fourth-order valence-corrected chi connectivity index (χ4v) is 7.23. The molecule has 14 heterocycles. The van der Waals surface area contributed by atoms with Crippen molar-refractivity contribution in [2.45, 2.75) is 370 Å². The lowest BCUT2D eigenvalue weighted by Crippen LogP contribution is -2.13. The lowest BCUT2D eigenvalue weighted by atomic mass is 9.93. The van der Waals surface area contributed by atoms with Gasteiger partial charge in [-0.3, -0.25) is 19.0 Å². The van der Waals surface area contributed by atoms with Crippen LogP contribution in [-0.2, 0) is 66.1 Å². The van der Waals surface area contributed by atoms with Crippen LogP contribution >= 0.6 is 57.9 Å². The van der Waals surface area contributed by atoms with Gasteiger partial charge in [-0.2, -0.15) is 32.8 Å². The number of imidazole rings is 1. The quantitative estimate of drug-likeness (QED) is 0.136. The predicted octanol–water partition coefficient (Wildman–Crippen LogP) is 25.4. The summed E-state index contributed by atoms with van der Waals surface area (Å²) in [5.41, 5.74) is 10.0. The van der Waals surface area contributed by atoms with Gasteiger partial charge in [-0.1, -0.05) is 367 Å². The molecular weight excluding hydrogens is 1820 g/mol. The molecule has 14 aromatic rings. The highest BCUT2D eigenvalue weighted by Crippen LogP contribution is 2.24. The molecule has 0 radical (unpaired) electrons. The standard InChI is InChI=1S/C8H14N2.C6H10N2O.C6H10N2S.2C5H9N3O.2C5H9N3S.6C5H12.C4H6N2.C4H10.2C3H5N3.C3H3NO.C3H3NS.C2H2N2O.C2H2N2S/c1-8(2,3)7-5-6-10(4)9-7;2*1-6(2,3)5-4-7-9-8-5;1-5(2,3)4-6-7-8-9-4;1-5(2,3)4-6-8-9-7-4;1-5(2,3)4-6-7-8-9-4;1-5(2,3)4-6-8-9-7-4;6*1-5(2,3)4;1-6-3-2-5-4-6;1-4(2)3;2*1-6-3-4-2-5-6;2*1-2-5-3-4-1;2*1-3-2-5-4-1/h5-6H,1-4H3;2*4H,1-3H3;4*1-3H3;6*1-4H3;2-4H,1H3;4H,1-3H3;2*2-3H,1H3;2*1-3H;2*1-2H. The first-order chi connectivity index (χ1) is 61.5. The maximum Gasteiger partial charge on any atom is 0.253 e. The Bertz CT molecular complexity index is 3870. The summed E-state index contributed by atoms with van der Waals surface area (Å²) >= 11 is 6.73. The maximum absolute atomic E-state index is 4.73. The zero-order valence-electron chi connectivity index (χ0n) is 93.1. The molecule has 0 unspecified atom stereocenters. The van der Waals surface area contributed by atoms with E-state index in [1.807, 2.05) is 103 Å². The molecular formula is C94H178N32O5S5. The van der Waals surface area contributed by atoms with Gasteiger partial charge in [-0.05, 0) is 71.6 Å². The van der Waals surface area contributed by atoms with E-state index in [0.717, 1.165) is 45.6 Å². The van der Waals surface area contributed by atoms with Gasteiger partial charge in [-0.15, -0.1) is 21.5 Å². The molecule has 0 aliphatic carbocycles. The van der Waals surface area contributed by atoms with Gasteiger partial charge in [0.1, 0.15) is 54.1 Å². The molecule has 0 spiro atoms.